The van der Waals surface area contributed by atoms with Gasteiger partial charge in [-0.2, -0.15) is 0 Å². The number of ether oxygens (including phenoxy) is 3. The van der Waals surface area contributed by atoms with Crippen molar-refractivity contribution in [2.24, 2.45) is 0 Å². The number of hydrogen-bond donors (Lipinski definition) is 2. The van der Waals surface area contributed by atoms with Crippen LogP contribution in [0.2, 0.25) is 0 Å². The molecule has 0 atom stereocenters. The summed E-state index contributed by atoms with van der Waals surface area (Å²) >= 11 is 10.1. The third kappa shape index (κ3) is 5.33. The van der Waals surface area contributed by atoms with Gasteiger partial charge < -0.3 is 19.5 Å². The predicted molar refractivity (Wildman–Crippen MR) is 130 cm³/mol. The second-order valence-corrected chi connectivity index (χ2v) is 8.50. The molecule has 3 rings (SSSR count). The van der Waals surface area contributed by atoms with E-state index in [4.69, 9.17) is 26.4 Å². The number of carbonyl (C=O) groups is 1. The van der Waals surface area contributed by atoms with Crippen molar-refractivity contribution in [2.45, 2.75) is 6.92 Å². The van der Waals surface area contributed by atoms with E-state index in [1.807, 2.05) is 36.6 Å². The number of hydrogen-bond acceptors (Lipinski definition) is 7. The topological polar surface area (TPSA) is 81.7 Å². The molecule has 2 aromatic carbocycles. The maximum Gasteiger partial charge on any atom is 0.261 e. The van der Waals surface area contributed by atoms with E-state index in [9.17, 15) is 4.79 Å². The highest BCUT2D eigenvalue weighted by Crippen LogP contribution is 2.33. The minimum Gasteiger partial charge on any atom is -0.496 e. The van der Waals surface area contributed by atoms with Crippen molar-refractivity contribution in [1.82, 2.24) is 10.3 Å². The van der Waals surface area contributed by atoms with Crippen molar-refractivity contribution < 1.29 is 19.0 Å². The maximum absolute atomic E-state index is 12.7. The predicted octanol–water partition coefficient (Wildman–Crippen LogP) is 5.03. The summed E-state index contributed by atoms with van der Waals surface area (Å²) in [7, 11) is 4.69. The summed E-state index contributed by atoms with van der Waals surface area (Å²) in [6, 6.07) is 9.11. The lowest BCUT2D eigenvalue weighted by Gasteiger charge is -2.13. The zero-order chi connectivity index (χ0) is 22.5. The molecule has 0 aliphatic carbocycles. The molecule has 0 aliphatic heterocycles. The molecule has 0 saturated carbocycles. The first-order chi connectivity index (χ1) is 14.9. The van der Waals surface area contributed by atoms with Crippen molar-refractivity contribution in [2.75, 3.05) is 26.6 Å². The standard InChI is InChI=1S/C21H20BrN3O4S2/c1-11-7-13(22)9-14(18(11)29-4)19(26)24-20(30)25-21-23-15(10-31-21)12-5-6-16(27-2)17(8-12)28-3/h5-10H,1-4H3,(H2,23,24,25,26,30). The molecule has 0 saturated heterocycles. The second-order valence-electron chi connectivity index (χ2n) is 6.32. The molecule has 3 aromatic rings. The molecule has 7 nitrogen and oxygen atoms in total. The molecule has 0 fully saturated rings. The number of amides is 1. The molecule has 31 heavy (non-hydrogen) atoms. The van der Waals surface area contributed by atoms with Crippen LogP contribution in [0.4, 0.5) is 5.13 Å². The Bertz CT molecular complexity index is 1130. The molecule has 0 aliphatic rings. The number of rotatable bonds is 6. The monoisotopic (exact) mass is 521 g/mol. The Hall–Kier alpha value is -2.69. The normalized spacial score (nSPS) is 10.4. The van der Waals surface area contributed by atoms with Crippen molar-refractivity contribution >= 4 is 55.6 Å². The van der Waals surface area contributed by atoms with E-state index in [0.29, 0.717) is 27.9 Å². The summed E-state index contributed by atoms with van der Waals surface area (Å²) in [6.07, 6.45) is 0. The number of halogens is 1. The van der Waals surface area contributed by atoms with Gasteiger partial charge in [0.15, 0.2) is 21.7 Å². The first-order valence-electron chi connectivity index (χ1n) is 9.00. The van der Waals surface area contributed by atoms with Crippen LogP contribution < -0.4 is 24.8 Å². The molecule has 162 valence electrons. The SMILES string of the molecule is COc1ccc(-c2csc(NC(=S)NC(=O)c3cc(Br)cc(C)c3OC)n2)cc1OC. The number of carbonyl (C=O) groups excluding carboxylic acids is 1. The third-order valence-corrected chi connectivity index (χ3v) is 5.74. The van der Waals surface area contributed by atoms with Crippen molar-refractivity contribution in [1.29, 1.82) is 0 Å². The molecule has 0 unspecified atom stereocenters. The van der Waals surface area contributed by atoms with Gasteiger partial charge in [-0.25, -0.2) is 4.98 Å². The van der Waals surface area contributed by atoms with Crippen molar-refractivity contribution in [3.05, 3.63) is 51.3 Å². The van der Waals surface area contributed by atoms with E-state index < -0.39 is 0 Å². The molecule has 1 aromatic heterocycles. The Morgan fingerprint density at radius 1 is 1.10 bits per heavy atom. The van der Waals surface area contributed by atoms with Crippen molar-refractivity contribution in [3.8, 4) is 28.5 Å². The first kappa shape index (κ1) is 23.0. The van der Waals surface area contributed by atoms with Crippen LogP contribution in [-0.2, 0) is 0 Å². The first-order valence-corrected chi connectivity index (χ1v) is 11.1. The number of thiocarbonyl (C=S) groups is 1. The highest BCUT2D eigenvalue weighted by molar-refractivity contribution is 9.10. The summed E-state index contributed by atoms with van der Waals surface area (Å²) in [6.45, 7) is 1.86. The Balaban J connectivity index is 1.72. The van der Waals surface area contributed by atoms with E-state index >= 15 is 0 Å². The van der Waals surface area contributed by atoms with Gasteiger partial charge >= 0.3 is 0 Å². The van der Waals surface area contributed by atoms with Crippen LogP contribution >= 0.6 is 39.5 Å². The average molecular weight is 522 g/mol. The quantitative estimate of drug-likeness (QED) is 0.440. The zero-order valence-corrected chi connectivity index (χ0v) is 20.5. The lowest BCUT2D eigenvalue weighted by molar-refractivity contribution is 0.0974. The largest absolute Gasteiger partial charge is 0.496 e. The second kappa shape index (κ2) is 10.1. The molecule has 1 heterocycles. The molecule has 0 bridgehead atoms. The third-order valence-electron chi connectivity index (χ3n) is 4.32. The van der Waals surface area contributed by atoms with E-state index in [1.165, 1.54) is 18.4 Å². The summed E-state index contributed by atoms with van der Waals surface area (Å²) < 4.78 is 16.7. The van der Waals surface area contributed by atoms with Gasteiger partial charge in [-0.1, -0.05) is 15.9 Å². The fourth-order valence-electron chi connectivity index (χ4n) is 2.93. The van der Waals surface area contributed by atoms with Crippen LogP contribution in [0.3, 0.4) is 0 Å². The highest BCUT2D eigenvalue weighted by Gasteiger charge is 2.17. The number of nitrogens with zero attached hydrogens (tertiary/aromatic N) is 1. The van der Waals surface area contributed by atoms with Crippen LogP contribution in [0, 0.1) is 6.92 Å². The Morgan fingerprint density at radius 2 is 1.84 bits per heavy atom. The Morgan fingerprint density at radius 3 is 2.52 bits per heavy atom. The molecular weight excluding hydrogens is 502 g/mol. The Kier molecular flexibility index (Phi) is 7.47. The van der Waals surface area contributed by atoms with Gasteiger partial charge in [0.05, 0.1) is 32.6 Å². The highest BCUT2D eigenvalue weighted by atomic mass is 79.9. The molecule has 0 spiro atoms. The van der Waals surface area contributed by atoms with E-state index in [0.717, 1.165) is 21.3 Å². The number of benzene rings is 2. The van der Waals surface area contributed by atoms with Gasteiger partial charge in [0.25, 0.3) is 5.91 Å². The summed E-state index contributed by atoms with van der Waals surface area (Å²) in [5.41, 5.74) is 2.82. The van der Waals surface area contributed by atoms with Crippen LogP contribution in [0.15, 0.2) is 40.2 Å². The van der Waals surface area contributed by atoms with Gasteiger partial charge in [-0.05, 0) is 55.0 Å². The van der Waals surface area contributed by atoms with Gasteiger partial charge in [-0.15, -0.1) is 11.3 Å². The summed E-state index contributed by atoms with van der Waals surface area (Å²) in [4.78, 5) is 17.2. The lowest BCUT2D eigenvalue weighted by atomic mass is 10.1. The van der Waals surface area contributed by atoms with Gasteiger partial charge in [0.2, 0.25) is 0 Å². The van der Waals surface area contributed by atoms with E-state index in [-0.39, 0.29) is 11.0 Å². The number of aromatic nitrogens is 1. The number of aryl methyl sites for hydroxylation is 1. The average Bonchev–Trinajstić information content (AvgIpc) is 3.20. The van der Waals surface area contributed by atoms with Crippen molar-refractivity contribution in [3.63, 3.8) is 0 Å². The molecule has 10 heteroatoms. The fraction of sp³-hybridized carbons (Fsp3) is 0.190. The molecule has 1 amide bonds. The smallest absolute Gasteiger partial charge is 0.261 e. The van der Waals surface area contributed by atoms with Gasteiger partial charge in [0.1, 0.15) is 5.75 Å². The number of thiazole rings is 1. The van der Waals surface area contributed by atoms with Crippen LogP contribution in [0.5, 0.6) is 17.2 Å². The molecular formula is C21H20BrN3O4S2. The number of methoxy groups -OCH3 is 3. The van der Waals surface area contributed by atoms with E-state index in [2.05, 4.69) is 31.5 Å². The summed E-state index contributed by atoms with van der Waals surface area (Å²) in [5.74, 6) is 1.37. The zero-order valence-electron chi connectivity index (χ0n) is 17.2. The lowest BCUT2D eigenvalue weighted by Crippen LogP contribution is -2.34. The van der Waals surface area contributed by atoms with Gasteiger partial charge in [0, 0.05) is 15.4 Å². The number of anilines is 1. The van der Waals surface area contributed by atoms with Crippen LogP contribution in [0.25, 0.3) is 11.3 Å². The van der Waals surface area contributed by atoms with Crippen LogP contribution in [0.1, 0.15) is 15.9 Å². The maximum atomic E-state index is 12.7. The molecule has 0 radical (unpaired) electrons. The number of nitrogens with one attached hydrogen (secondary N) is 2. The minimum atomic E-state index is -0.379. The van der Waals surface area contributed by atoms with Gasteiger partial charge in [-0.3, -0.25) is 10.1 Å². The van der Waals surface area contributed by atoms with E-state index in [1.54, 1.807) is 20.3 Å². The summed E-state index contributed by atoms with van der Waals surface area (Å²) in [5, 5.41) is 8.19. The van der Waals surface area contributed by atoms with Crippen LogP contribution in [-0.4, -0.2) is 37.3 Å². The fourth-order valence-corrected chi connectivity index (χ4v) is 4.48. The molecule has 2 N–H and O–H groups in total. The minimum absolute atomic E-state index is 0.137. The Labute approximate surface area is 197 Å².